The van der Waals surface area contributed by atoms with Crippen molar-refractivity contribution in [3.05, 3.63) is 17.5 Å². The maximum Gasteiger partial charge on any atom is 0.0601 e. The highest BCUT2D eigenvalue weighted by molar-refractivity contribution is 8.01. The van der Waals surface area contributed by atoms with Gasteiger partial charge in [-0.2, -0.15) is 0 Å². The van der Waals surface area contributed by atoms with Gasteiger partial charge in [0.25, 0.3) is 0 Å². The summed E-state index contributed by atoms with van der Waals surface area (Å²) >= 11 is 3.78. The predicted octanol–water partition coefficient (Wildman–Crippen LogP) is 4.01. The largest absolute Gasteiger partial charge is 0.311 e. The summed E-state index contributed by atoms with van der Waals surface area (Å²) in [7, 11) is 0. The SMILES string of the molecule is CCC(C)(C)NCC(C)Sc1cccs1. The second-order valence-corrected chi connectivity index (χ2v) is 7.17. The highest BCUT2D eigenvalue weighted by atomic mass is 32.2. The molecule has 3 heteroatoms. The summed E-state index contributed by atoms with van der Waals surface area (Å²) in [5, 5.41) is 6.38. The first-order valence-electron chi connectivity index (χ1n) is 5.48. The molecule has 0 spiro atoms. The van der Waals surface area contributed by atoms with Crippen LogP contribution in [-0.2, 0) is 0 Å². The van der Waals surface area contributed by atoms with Crippen molar-refractivity contribution < 1.29 is 0 Å². The monoisotopic (exact) mass is 243 g/mol. The van der Waals surface area contributed by atoms with E-state index in [0.29, 0.717) is 5.25 Å². The number of thioether (sulfide) groups is 1. The number of hydrogen-bond donors (Lipinski definition) is 1. The molecule has 1 nitrogen and oxygen atoms in total. The molecule has 0 aliphatic rings. The lowest BCUT2D eigenvalue weighted by atomic mass is 10.0. The quantitative estimate of drug-likeness (QED) is 0.758. The van der Waals surface area contributed by atoms with E-state index in [1.165, 1.54) is 10.6 Å². The van der Waals surface area contributed by atoms with Gasteiger partial charge in [-0.3, -0.25) is 0 Å². The molecule has 0 saturated carbocycles. The van der Waals surface area contributed by atoms with E-state index in [9.17, 15) is 0 Å². The molecule has 1 aromatic rings. The lowest BCUT2D eigenvalue weighted by molar-refractivity contribution is 0.379. The second-order valence-electron chi connectivity index (χ2n) is 4.48. The first-order chi connectivity index (χ1) is 7.03. The molecule has 1 unspecified atom stereocenters. The van der Waals surface area contributed by atoms with E-state index in [2.05, 4.69) is 50.5 Å². The number of nitrogens with one attached hydrogen (secondary N) is 1. The summed E-state index contributed by atoms with van der Waals surface area (Å²) in [6.07, 6.45) is 1.17. The highest BCUT2D eigenvalue weighted by Gasteiger charge is 2.15. The van der Waals surface area contributed by atoms with Crippen LogP contribution in [0.25, 0.3) is 0 Å². The molecule has 0 amide bonds. The first kappa shape index (κ1) is 13.1. The summed E-state index contributed by atoms with van der Waals surface area (Å²) in [5.41, 5.74) is 0.268. The third-order valence-corrected chi connectivity index (χ3v) is 4.74. The van der Waals surface area contributed by atoms with Crippen LogP contribution in [0, 0.1) is 0 Å². The molecule has 1 aromatic heterocycles. The van der Waals surface area contributed by atoms with Gasteiger partial charge in [-0.05, 0) is 31.7 Å². The first-order valence-corrected chi connectivity index (χ1v) is 7.24. The van der Waals surface area contributed by atoms with Crippen LogP contribution in [0.5, 0.6) is 0 Å². The van der Waals surface area contributed by atoms with Crippen LogP contribution < -0.4 is 5.32 Å². The van der Waals surface area contributed by atoms with Gasteiger partial charge < -0.3 is 5.32 Å². The minimum atomic E-state index is 0.268. The fraction of sp³-hybridized carbons (Fsp3) is 0.667. The van der Waals surface area contributed by atoms with Crippen molar-refractivity contribution in [3.63, 3.8) is 0 Å². The summed E-state index contributed by atoms with van der Waals surface area (Å²) in [4.78, 5) is 0. The molecule has 0 fully saturated rings. The van der Waals surface area contributed by atoms with Crippen molar-refractivity contribution in [1.29, 1.82) is 0 Å². The molecule has 0 bridgehead atoms. The molecule has 86 valence electrons. The highest BCUT2D eigenvalue weighted by Crippen LogP contribution is 2.27. The molecule has 1 N–H and O–H groups in total. The predicted molar refractivity (Wildman–Crippen MR) is 72.0 cm³/mol. The van der Waals surface area contributed by atoms with Crippen LogP contribution >= 0.6 is 23.1 Å². The van der Waals surface area contributed by atoms with Crippen LogP contribution in [0.2, 0.25) is 0 Å². The topological polar surface area (TPSA) is 12.0 Å². The summed E-state index contributed by atoms with van der Waals surface area (Å²) in [6.45, 7) is 10.1. The smallest absolute Gasteiger partial charge is 0.0601 e. The summed E-state index contributed by atoms with van der Waals surface area (Å²) in [6, 6.07) is 4.31. The van der Waals surface area contributed by atoms with Crippen LogP contribution in [0.3, 0.4) is 0 Å². The van der Waals surface area contributed by atoms with Crippen LogP contribution in [0.15, 0.2) is 21.7 Å². The van der Waals surface area contributed by atoms with E-state index >= 15 is 0 Å². The molecule has 1 atom stereocenters. The minimum Gasteiger partial charge on any atom is -0.311 e. The van der Waals surface area contributed by atoms with Crippen molar-refractivity contribution in [2.24, 2.45) is 0 Å². The number of rotatable bonds is 6. The zero-order valence-electron chi connectivity index (χ0n) is 10.0. The van der Waals surface area contributed by atoms with Gasteiger partial charge in [0.15, 0.2) is 0 Å². The Morgan fingerprint density at radius 1 is 1.53 bits per heavy atom. The Balaban J connectivity index is 2.28. The van der Waals surface area contributed by atoms with Crippen molar-refractivity contribution in [2.75, 3.05) is 6.54 Å². The number of hydrogen-bond acceptors (Lipinski definition) is 3. The molecular formula is C12H21NS2. The maximum absolute atomic E-state index is 3.60. The lowest BCUT2D eigenvalue weighted by Crippen LogP contribution is -2.41. The molecular weight excluding hydrogens is 222 g/mol. The van der Waals surface area contributed by atoms with Gasteiger partial charge in [0.2, 0.25) is 0 Å². The summed E-state index contributed by atoms with van der Waals surface area (Å²) in [5.74, 6) is 0. The van der Waals surface area contributed by atoms with Gasteiger partial charge in [0.1, 0.15) is 0 Å². The third-order valence-electron chi connectivity index (χ3n) is 2.56. The van der Waals surface area contributed by atoms with Gasteiger partial charge in [-0.1, -0.05) is 19.9 Å². The normalized spacial score (nSPS) is 14.1. The fourth-order valence-electron chi connectivity index (χ4n) is 1.12. The van der Waals surface area contributed by atoms with Crippen LogP contribution in [-0.4, -0.2) is 17.3 Å². The molecule has 0 saturated heterocycles. The van der Waals surface area contributed by atoms with E-state index in [-0.39, 0.29) is 5.54 Å². The van der Waals surface area contributed by atoms with Gasteiger partial charge in [-0.15, -0.1) is 23.1 Å². The molecule has 0 aromatic carbocycles. The van der Waals surface area contributed by atoms with Crippen molar-refractivity contribution in [2.45, 2.75) is 49.1 Å². The van der Waals surface area contributed by atoms with E-state index in [4.69, 9.17) is 0 Å². The zero-order valence-corrected chi connectivity index (χ0v) is 11.7. The lowest BCUT2D eigenvalue weighted by Gasteiger charge is -2.26. The van der Waals surface area contributed by atoms with Crippen LogP contribution in [0.1, 0.15) is 34.1 Å². The van der Waals surface area contributed by atoms with Gasteiger partial charge >= 0.3 is 0 Å². The Morgan fingerprint density at radius 3 is 2.80 bits per heavy atom. The molecule has 1 rings (SSSR count). The average molecular weight is 243 g/mol. The Bertz CT molecular complexity index is 267. The number of thiophene rings is 1. The van der Waals surface area contributed by atoms with E-state index < -0.39 is 0 Å². The van der Waals surface area contributed by atoms with E-state index in [1.54, 1.807) is 0 Å². The second kappa shape index (κ2) is 5.92. The molecule has 0 radical (unpaired) electrons. The average Bonchev–Trinajstić information content (AvgIpc) is 2.68. The Labute approximate surface area is 102 Å². The molecule has 0 aliphatic carbocycles. The summed E-state index contributed by atoms with van der Waals surface area (Å²) < 4.78 is 1.42. The van der Waals surface area contributed by atoms with Crippen molar-refractivity contribution in [3.8, 4) is 0 Å². The van der Waals surface area contributed by atoms with Crippen molar-refractivity contribution in [1.82, 2.24) is 5.32 Å². The van der Waals surface area contributed by atoms with Gasteiger partial charge in [-0.25, -0.2) is 0 Å². The maximum atomic E-state index is 3.60. The zero-order chi connectivity index (χ0) is 11.3. The Kier molecular flexibility index (Phi) is 5.16. The molecule has 1 heterocycles. The fourth-order valence-corrected chi connectivity index (χ4v) is 3.17. The minimum absolute atomic E-state index is 0.268. The molecule has 15 heavy (non-hydrogen) atoms. The Morgan fingerprint density at radius 2 is 2.27 bits per heavy atom. The van der Waals surface area contributed by atoms with Crippen molar-refractivity contribution >= 4 is 23.1 Å². The third kappa shape index (κ3) is 5.05. The van der Waals surface area contributed by atoms with Crippen LogP contribution in [0.4, 0.5) is 0 Å². The van der Waals surface area contributed by atoms with Gasteiger partial charge in [0, 0.05) is 17.3 Å². The Hall–Kier alpha value is 0.01000. The van der Waals surface area contributed by atoms with Gasteiger partial charge in [0.05, 0.1) is 4.21 Å². The van der Waals surface area contributed by atoms with E-state index in [1.807, 2.05) is 23.1 Å². The van der Waals surface area contributed by atoms with E-state index in [0.717, 1.165) is 6.54 Å². The standard InChI is InChI=1S/C12H21NS2/c1-5-12(3,4)13-9-10(2)15-11-7-6-8-14-11/h6-8,10,13H,5,9H2,1-4H3. The molecule has 0 aliphatic heterocycles.